The third-order valence-corrected chi connectivity index (χ3v) is 5.59. The maximum absolute atomic E-state index is 12.6. The van der Waals surface area contributed by atoms with Crippen LogP contribution in [-0.2, 0) is 19.6 Å². The molecule has 0 spiro atoms. The normalized spacial score (nSPS) is 21.0. The molecule has 9 heteroatoms. The van der Waals surface area contributed by atoms with Gasteiger partial charge in [0.15, 0.2) is 5.60 Å². The van der Waals surface area contributed by atoms with Crippen LogP contribution in [0, 0.1) is 0 Å². The van der Waals surface area contributed by atoms with E-state index in [1.807, 2.05) is 0 Å². The molecule has 0 aromatic heterocycles. The zero-order valence-electron chi connectivity index (χ0n) is 12.8. The van der Waals surface area contributed by atoms with Crippen LogP contribution in [0.3, 0.4) is 0 Å². The van der Waals surface area contributed by atoms with E-state index in [0.717, 1.165) is 4.31 Å². The standard InChI is InChI=1S/C14H17N3O5S/c1-14(2)13(19)16-10-7-9(3-4-11(10)22-14)23(20,21)17-6-5-15-12(18)8-17/h3-4,7H,5-6,8H2,1-2H3,(H,15,18)(H,16,19). The zero-order chi connectivity index (χ0) is 16.8. The van der Waals surface area contributed by atoms with E-state index >= 15 is 0 Å². The van der Waals surface area contributed by atoms with E-state index < -0.39 is 15.6 Å². The summed E-state index contributed by atoms with van der Waals surface area (Å²) in [6.07, 6.45) is 0. The van der Waals surface area contributed by atoms with Crippen molar-refractivity contribution in [2.45, 2.75) is 24.3 Å². The van der Waals surface area contributed by atoms with Gasteiger partial charge in [0.1, 0.15) is 5.75 Å². The largest absolute Gasteiger partial charge is 0.476 e. The Morgan fingerprint density at radius 3 is 2.70 bits per heavy atom. The fourth-order valence-corrected chi connectivity index (χ4v) is 3.84. The summed E-state index contributed by atoms with van der Waals surface area (Å²) in [5.41, 5.74) is -0.713. The van der Waals surface area contributed by atoms with Gasteiger partial charge in [-0.25, -0.2) is 8.42 Å². The lowest BCUT2D eigenvalue weighted by molar-refractivity contribution is -0.129. The first-order chi connectivity index (χ1) is 10.7. The first-order valence-corrected chi connectivity index (χ1v) is 8.55. The molecule has 1 saturated heterocycles. The lowest BCUT2D eigenvalue weighted by Gasteiger charge is -2.32. The van der Waals surface area contributed by atoms with E-state index in [9.17, 15) is 18.0 Å². The second-order valence-corrected chi connectivity index (χ2v) is 7.85. The average Bonchev–Trinajstić information content (AvgIpc) is 2.47. The van der Waals surface area contributed by atoms with Crippen molar-refractivity contribution in [3.05, 3.63) is 18.2 Å². The van der Waals surface area contributed by atoms with Crippen LogP contribution in [0.5, 0.6) is 5.75 Å². The molecule has 2 N–H and O–H groups in total. The predicted molar refractivity (Wildman–Crippen MR) is 81.5 cm³/mol. The molecule has 0 bridgehead atoms. The van der Waals surface area contributed by atoms with Crippen LogP contribution in [0.25, 0.3) is 0 Å². The molecule has 0 atom stereocenters. The number of sulfonamides is 1. The predicted octanol–water partition coefficient (Wildman–Crippen LogP) is -0.0834. The van der Waals surface area contributed by atoms with Gasteiger partial charge in [0.2, 0.25) is 15.9 Å². The van der Waals surface area contributed by atoms with Crippen LogP contribution in [-0.4, -0.2) is 49.8 Å². The number of piperazine rings is 1. The van der Waals surface area contributed by atoms with Crippen molar-refractivity contribution in [2.75, 3.05) is 25.0 Å². The number of benzene rings is 1. The number of hydrogen-bond donors (Lipinski definition) is 2. The Morgan fingerprint density at radius 2 is 2.00 bits per heavy atom. The Labute approximate surface area is 133 Å². The third kappa shape index (κ3) is 2.77. The molecule has 124 valence electrons. The van der Waals surface area contributed by atoms with E-state index in [1.165, 1.54) is 18.2 Å². The monoisotopic (exact) mass is 339 g/mol. The molecule has 0 unspecified atom stereocenters. The fraction of sp³-hybridized carbons (Fsp3) is 0.429. The molecule has 2 aliphatic rings. The van der Waals surface area contributed by atoms with Crippen LogP contribution >= 0.6 is 0 Å². The van der Waals surface area contributed by atoms with Gasteiger partial charge in [-0.05, 0) is 32.0 Å². The molecule has 2 amide bonds. The Balaban J connectivity index is 1.94. The summed E-state index contributed by atoms with van der Waals surface area (Å²) in [5.74, 6) is -0.280. The maximum Gasteiger partial charge on any atom is 0.268 e. The minimum atomic E-state index is -3.81. The molecule has 0 aliphatic carbocycles. The Kier molecular flexibility index (Phi) is 3.56. The number of hydrogen-bond acceptors (Lipinski definition) is 5. The number of ether oxygens (including phenoxy) is 1. The SMILES string of the molecule is CC1(C)Oc2ccc(S(=O)(=O)N3CCNC(=O)C3)cc2NC1=O. The molecule has 0 saturated carbocycles. The third-order valence-electron chi connectivity index (χ3n) is 3.75. The van der Waals surface area contributed by atoms with Gasteiger partial charge in [-0.3, -0.25) is 9.59 Å². The summed E-state index contributed by atoms with van der Waals surface area (Å²) in [4.78, 5) is 23.3. The molecular formula is C14H17N3O5S. The van der Waals surface area contributed by atoms with Crippen molar-refractivity contribution >= 4 is 27.5 Å². The average molecular weight is 339 g/mol. The smallest absolute Gasteiger partial charge is 0.268 e. The van der Waals surface area contributed by atoms with Gasteiger partial charge in [-0.1, -0.05) is 0 Å². The number of nitrogens with one attached hydrogen (secondary N) is 2. The number of anilines is 1. The molecule has 2 heterocycles. The van der Waals surface area contributed by atoms with Crippen LogP contribution in [0.15, 0.2) is 23.1 Å². The molecule has 3 rings (SSSR count). The van der Waals surface area contributed by atoms with Gasteiger partial charge in [-0.2, -0.15) is 4.31 Å². The lowest BCUT2D eigenvalue weighted by Crippen LogP contribution is -2.49. The number of amides is 2. The Bertz CT molecular complexity index is 788. The van der Waals surface area contributed by atoms with Gasteiger partial charge in [0.05, 0.1) is 17.1 Å². The second kappa shape index (κ2) is 5.20. The molecule has 2 aliphatic heterocycles. The molecule has 8 nitrogen and oxygen atoms in total. The maximum atomic E-state index is 12.6. The first kappa shape index (κ1) is 15.8. The fourth-order valence-electron chi connectivity index (χ4n) is 2.42. The second-order valence-electron chi connectivity index (χ2n) is 5.91. The van der Waals surface area contributed by atoms with Crippen LogP contribution in [0.4, 0.5) is 5.69 Å². The highest BCUT2D eigenvalue weighted by Crippen LogP contribution is 2.35. The van der Waals surface area contributed by atoms with Gasteiger partial charge in [0, 0.05) is 13.1 Å². The first-order valence-electron chi connectivity index (χ1n) is 7.11. The van der Waals surface area contributed by atoms with Crippen molar-refractivity contribution in [3.63, 3.8) is 0 Å². The molecule has 1 aromatic carbocycles. The number of nitrogens with zero attached hydrogens (tertiary/aromatic N) is 1. The summed E-state index contributed by atoms with van der Waals surface area (Å²) < 4.78 is 31.9. The minimum absolute atomic E-state index is 0.00885. The van der Waals surface area contributed by atoms with E-state index in [1.54, 1.807) is 13.8 Å². The van der Waals surface area contributed by atoms with E-state index in [0.29, 0.717) is 11.4 Å². The molecule has 0 radical (unpaired) electrons. The highest BCUT2D eigenvalue weighted by molar-refractivity contribution is 7.89. The summed E-state index contributed by atoms with van der Waals surface area (Å²) in [6, 6.07) is 4.27. The van der Waals surface area contributed by atoms with Gasteiger partial charge < -0.3 is 15.4 Å². The molecule has 1 fully saturated rings. The van der Waals surface area contributed by atoms with Gasteiger partial charge in [-0.15, -0.1) is 0 Å². The van der Waals surface area contributed by atoms with Crippen molar-refractivity contribution in [3.8, 4) is 5.75 Å². The van der Waals surface area contributed by atoms with Crippen molar-refractivity contribution in [1.82, 2.24) is 9.62 Å². The van der Waals surface area contributed by atoms with Crippen LogP contribution in [0.2, 0.25) is 0 Å². The summed E-state index contributed by atoms with van der Waals surface area (Å²) >= 11 is 0. The summed E-state index contributed by atoms with van der Waals surface area (Å²) in [5, 5.41) is 5.23. The molecule has 23 heavy (non-hydrogen) atoms. The zero-order valence-corrected chi connectivity index (χ0v) is 13.6. The number of carbonyl (C=O) groups excluding carboxylic acids is 2. The Hall–Kier alpha value is -2.13. The Morgan fingerprint density at radius 1 is 1.26 bits per heavy atom. The minimum Gasteiger partial charge on any atom is -0.476 e. The summed E-state index contributed by atoms with van der Waals surface area (Å²) in [7, 11) is -3.81. The van der Waals surface area contributed by atoms with Gasteiger partial charge >= 0.3 is 0 Å². The highest BCUT2D eigenvalue weighted by atomic mass is 32.2. The number of rotatable bonds is 2. The highest BCUT2D eigenvalue weighted by Gasteiger charge is 2.36. The van der Waals surface area contributed by atoms with E-state index in [4.69, 9.17) is 4.74 Å². The molecule has 1 aromatic rings. The topological polar surface area (TPSA) is 105 Å². The molecular weight excluding hydrogens is 322 g/mol. The van der Waals surface area contributed by atoms with Crippen LogP contribution in [0.1, 0.15) is 13.8 Å². The van der Waals surface area contributed by atoms with Crippen molar-refractivity contribution in [2.24, 2.45) is 0 Å². The quantitative estimate of drug-likeness (QED) is 0.784. The van der Waals surface area contributed by atoms with Crippen molar-refractivity contribution in [1.29, 1.82) is 0 Å². The van der Waals surface area contributed by atoms with Crippen LogP contribution < -0.4 is 15.4 Å². The van der Waals surface area contributed by atoms with E-state index in [-0.39, 0.29) is 36.3 Å². The number of carbonyl (C=O) groups is 2. The summed E-state index contributed by atoms with van der Waals surface area (Å²) in [6.45, 7) is 3.53. The van der Waals surface area contributed by atoms with Gasteiger partial charge in [0.25, 0.3) is 5.91 Å². The van der Waals surface area contributed by atoms with E-state index in [2.05, 4.69) is 10.6 Å². The number of fused-ring (bicyclic) bond motifs is 1. The lowest BCUT2D eigenvalue weighted by atomic mass is 10.1. The van der Waals surface area contributed by atoms with Crippen molar-refractivity contribution < 1.29 is 22.7 Å².